The van der Waals surface area contributed by atoms with E-state index in [0.717, 1.165) is 38.8 Å². The average Bonchev–Trinajstić information content (AvgIpc) is 2.66. The molecule has 0 atom stereocenters. The normalized spacial score (nSPS) is 19.5. The van der Waals surface area contributed by atoms with Gasteiger partial charge in [0.05, 0.1) is 0 Å². The number of likely N-dealkylation sites (tertiary alicyclic amines) is 2. The summed E-state index contributed by atoms with van der Waals surface area (Å²) in [4.78, 5) is 28.4. The molecule has 0 spiro atoms. The van der Waals surface area contributed by atoms with Crippen LogP contribution in [0.15, 0.2) is 30.9 Å². The minimum atomic E-state index is -0.0230. The van der Waals surface area contributed by atoms with Crippen molar-refractivity contribution < 1.29 is 9.59 Å². The van der Waals surface area contributed by atoms with Crippen LogP contribution in [0, 0.1) is 19.8 Å². The highest BCUT2D eigenvalue weighted by molar-refractivity contribution is 5.87. The molecule has 2 aliphatic heterocycles. The molecule has 0 saturated carbocycles. The van der Waals surface area contributed by atoms with Gasteiger partial charge in [-0.15, -0.1) is 0 Å². The average molecular weight is 354 g/mol. The van der Waals surface area contributed by atoms with Gasteiger partial charge < -0.3 is 9.80 Å². The number of benzene rings is 1. The zero-order valence-electron chi connectivity index (χ0n) is 16.0. The Morgan fingerprint density at radius 1 is 0.923 bits per heavy atom. The summed E-state index contributed by atoms with van der Waals surface area (Å²) in [6.45, 7) is 10.9. The van der Waals surface area contributed by atoms with Crippen molar-refractivity contribution in [3.05, 3.63) is 47.5 Å². The lowest BCUT2D eigenvalue weighted by Crippen LogP contribution is -2.46. The third-order valence-electron chi connectivity index (χ3n) is 5.85. The van der Waals surface area contributed by atoms with Crippen LogP contribution >= 0.6 is 0 Å². The zero-order valence-corrected chi connectivity index (χ0v) is 16.0. The van der Waals surface area contributed by atoms with E-state index in [9.17, 15) is 9.59 Å². The second-order valence-corrected chi connectivity index (χ2v) is 7.82. The summed E-state index contributed by atoms with van der Waals surface area (Å²) in [5.74, 6) is 0.895. The number of hydrogen-bond donors (Lipinski definition) is 0. The summed E-state index contributed by atoms with van der Waals surface area (Å²) in [5.41, 5.74) is 4.06. The van der Waals surface area contributed by atoms with E-state index in [0.29, 0.717) is 19.0 Å². The van der Waals surface area contributed by atoms with Gasteiger partial charge in [-0.05, 0) is 57.1 Å². The van der Waals surface area contributed by atoms with Crippen LogP contribution in [0.4, 0.5) is 0 Å². The maximum Gasteiger partial charge on any atom is 0.245 e. The van der Waals surface area contributed by atoms with Crippen LogP contribution in [-0.4, -0.2) is 47.8 Å². The number of amides is 2. The van der Waals surface area contributed by atoms with Crippen LogP contribution in [0.1, 0.15) is 48.3 Å². The Bertz CT molecular complexity index is 661. The van der Waals surface area contributed by atoms with Crippen molar-refractivity contribution in [2.45, 2.75) is 45.4 Å². The molecule has 2 aliphatic rings. The molecule has 0 N–H and O–H groups in total. The standard InChI is InChI=1S/C22H30N2O2/c1-4-21(25)23-9-7-19(8-10-23)22(26)24-11-5-18(6-12-24)20-14-16(2)13-17(3)15-20/h4,13-15,18-19H,1,5-12H2,2-3H3. The van der Waals surface area contributed by atoms with Crippen LogP contribution in [-0.2, 0) is 9.59 Å². The monoisotopic (exact) mass is 354 g/mol. The van der Waals surface area contributed by atoms with E-state index < -0.39 is 0 Å². The van der Waals surface area contributed by atoms with Crippen molar-refractivity contribution in [3.8, 4) is 0 Å². The zero-order chi connectivity index (χ0) is 18.7. The third-order valence-corrected chi connectivity index (χ3v) is 5.85. The number of hydrogen-bond acceptors (Lipinski definition) is 2. The Morgan fingerprint density at radius 3 is 2.00 bits per heavy atom. The summed E-state index contributed by atoms with van der Waals surface area (Å²) in [5, 5.41) is 0. The largest absolute Gasteiger partial charge is 0.342 e. The number of aryl methyl sites for hydroxylation is 2. The number of nitrogens with zero attached hydrogens (tertiary/aromatic N) is 2. The maximum absolute atomic E-state index is 12.9. The highest BCUT2D eigenvalue weighted by Gasteiger charge is 2.31. The van der Waals surface area contributed by atoms with Crippen molar-refractivity contribution >= 4 is 11.8 Å². The minimum absolute atomic E-state index is 0.0230. The molecule has 140 valence electrons. The highest BCUT2D eigenvalue weighted by atomic mass is 16.2. The van der Waals surface area contributed by atoms with Crippen LogP contribution in [0.2, 0.25) is 0 Å². The van der Waals surface area contributed by atoms with Crippen LogP contribution in [0.25, 0.3) is 0 Å². The van der Waals surface area contributed by atoms with Crippen molar-refractivity contribution in [3.63, 3.8) is 0 Å². The molecule has 2 amide bonds. The van der Waals surface area contributed by atoms with Crippen LogP contribution < -0.4 is 0 Å². The topological polar surface area (TPSA) is 40.6 Å². The van der Waals surface area contributed by atoms with Gasteiger partial charge in [0, 0.05) is 32.1 Å². The first-order chi connectivity index (χ1) is 12.5. The predicted octanol–water partition coefficient (Wildman–Crippen LogP) is 3.43. The summed E-state index contributed by atoms with van der Waals surface area (Å²) < 4.78 is 0. The molecular weight excluding hydrogens is 324 g/mol. The lowest BCUT2D eigenvalue weighted by Gasteiger charge is -2.37. The smallest absolute Gasteiger partial charge is 0.245 e. The quantitative estimate of drug-likeness (QED) is 0.780. The molecule has 3 rings (SSSR count). The second kappa shape index (κ2) is 8.07. The molecule has 0 unspecified atom stereocenters. The lowest BCUT2D eigenvalue weighted by atomic mass is 9.86. The first kappa shape index (κ1) is 18.7. The van der Waals surface area contributed by atoms with Gasteiger partial charge >= 0.3 is 0 Å². The lowest BCUT2D eigenvalue weighted by molar-refractivity contribution is -0.140. The molecule has 0 radical (unpaired) electrons. The predicted molar refractivity (Wildman–Crippen MR) is 104 cm³/mol. The first-order valence-electron chi connectivity index (χ1n) is 9.76. The molecule has 2 fully saturated rings. The molecule has 2 saturated heterocycles. The summed E-state index contributed by atoms with van der Waals surface area (Å²) >= 11 is 0. The molecule has 0 aliphatic carbocycles. The van der Waals surface area contributed by atoms with Crippen molar-refractivity contribution in [2.75, 3.05) is 26.2 Å². The molecule has 26 heavy (non-hydrogen) atoms. The molecule has 4 heteroatoms. The number of piperidine rings is 2. The van der Waals surface area contributed by atoms with Gasteiger partial charge in [0.25, 0.3) is 0 Å². The molecule has 4 nitrogen and oxygen atoms in total. The van der Waals surface area contributed by atoms with Crippen molar-refractivity contribution in [1.29, 1.82) is 0 Å². The number of carbonyl (C=O) groups is 2. The van der Waals surface area contributed by atoms with E-state index in [4.69, 9.17) is 0 Å². The Morgan fingerprint density at radius 2 is 1.46 bits per heavy atom. The number of carbonyl (C=O) groups excluding carboxylic acids is 2. The fourth-order valence-electron chi connectivity index (χ4n) is 4.41. The molecule has 0 aromatic heterocycles. The Balaban J connectivity index is 1.52. The van der Waals surface area contributed by atoms with E-state index in [1.54, 1.807) is 4.90 Å². The Labute approximate surface area is 156 Å². The molecule has 1 aromatic carbocycles. The Kier molecular flexibility index (Phi) is 5.80. The van der Waals surface area contributed by atoms with E-state index in [-0.39, 0.29) is 17.7 Å². The van der Waals surface area contributed by atoms with Gasteiger partial charge in [-0.3, -0.25) is 9.59 Å². The highest BCUT2D eigenvalue weighted by Crippen LogP contribution is 2.31. The molecule has 0 bridgehead atoms. The second-order valence-electron chi connectivity index (χ2n) is 7.82. The van der Waals surface area contributed by atoms with Crippen LogP contribution in [0.5, 0.6) is 0 Å². The number of rotatable bonds is 3. The first-order valence-corrected chi connectivity index (χ1v) is 9.76. The van der Waals surface area contributed by atoms with E-state index in [1.807, 2.05) is 0 Å². The Hall–Kier alpha value is -2.10. The fraction of sp³-hybridized carbons (Fsp3) is 0.545. The molecule has 2 heterocycles. The van der Waals surface area contributed by atoms with Gasteiger partial charge in [0.2, 0.25) is 11.8 Å². The van der Waals surface area contributed by atoms with E-state index in [1.165, 1.54) is 22.8 Å². The van der Waals surface area contributed by atoms with Crippen LogP contribution in [0.3, 0.4) is 0 Å². The SMILES string of the molecule is C=CC(=O)N1CCC(C(=O)N2CCC(c3cc(C)cc(C)c3)CC2)CC1. The maximum atomic E-state index is 12.9. The molecular formula is C22H30N2O2. The van der Waals surface area contributed by atoms with E-state index >= 15 is 0 Å². The minimum Gasteiger partial charge on any atom is -0.342 e. The summed E-state index contributed by atoms with van der Waals surface area (Å²) in [6.07, 6.45) is 5.00. The van der Waals surface area contributed by atoms with Gasteiger partial charge in [0.1, 0.15) is 0 Å². The van der Waals surface area contributed by atoms with Gasteiger partial charge in [-0.25, -0.2) is 0 Å². The van der Waals surface area contributed by atoms with Crippen molar-refractivity contribution in [2.24, 2.45) is 5.92 Å². The van der Waals surface area contributed by atoms with Gasteiger partial charge in [-0.1, -0.05) is 35.9 Å². The van der Waals surface area contributed by atoms with Gasteiger partial charge in [-0.2, -0.15) is 0 Å². The van der Waals surface area contributed by atoms with E-state index in [2.05, 4.69) is 43.5 Å². The fourth-order valence-corrected chi connectivity index (χ4v) is 4.41. The molecule has 1 aromatic rings. The van der Waals surface area contributed by atoms with Crippen molar-refractivity contribution in [1.82, 2.24) is 9.80 Å². The summed E-state index contributed by atoms with van der Waals surface area (Å²) in [6, 6.07) is 6.80. The summed E-state index contributed by atoms with van der Waals surface area (Å²) in [7, 11) is 0. The third kappa shape index (κ3) is 4.17. The van der Waals surface area contributed by atoms with Gasteiger partial charge in [0.15, 0.2) is 0 Å².